The molecule has 0 aliphatic carbocycles. The third-order valence-electron chi connectivity index (χ3n) is 5.01. The highest BCUT2D eigenvalue weighted by Crippen LogP contribution is 2.27. The number of para-hydroxylation sites is 1. The summed E-state index contributed by atoms with van der Waals surface area (Å²) in [6.45, 7) is 4.59. The van der Waals surface area contributed by atoms with Crippen LogP contribution in [-0.2, 0) is 22.4 Å². The molecule has 0 fully saturated rings. The number of anilines is 2. The van der Waals surface area contributed by atoms with Crippen molar-refractivity contribution in [3.63, 3.8) is 0 Å². The number of nitrogens with one attached hydrogen (secondary N) is 1. The van der Waals surface area contributed by atoms with E-state index in [0.717, 1.165) is 30.6 Å². The number of rotatable bonds is 5. The Labute approximate surface area is 160 Å². The predicted molar refractivity (Wildman–Crippen MR) is 109 cm³/mol. The van der Waals surface area contributed by atoms with E-state index >= 15 is 0 Å². The summed E-state index contributed by atoms with van der Waals surface area (Å²) in [4.78, 5) is 26.7. The third-order valence-corrected chi connectivity index (χ3v) is 5.01. The molecule has 3 N–H and O–H groups in total. The molecule has 1 aliphatic rings. The number of carbonyl (C=O) groups is 2. The van der Waals surface area contributed by atoms with E-state index in [4.69, 9.17) is 5.73 Å². The van der Waals surface area contributed by atoms with E-state index in [1.165, 1.54) is 5.56 Å². The lowest BCUT2D eigenvalue weighted by Crippen LogP contribution is -2.39. The third kappa shape index (κ3) is 4.55. The van der Waals surface area contributed by atoms with Gasteiger partial charge in [-0.1, -0.05) is 44.2 Å². The quantitative estimate of drug-likeness (QED) is 0.855. The molecule has 0 spiro atoms. The van der Waals surface area contributed by atoms with Crippen LogP contribution in [0, 0.1) is 5.92 Å². The number of aryl methyl sites for hydroxylation is 1. The highest BCUT2D eigenvalue weighted by atomic mass is 16.2. The fraction of sp³-hybridized carbons (Fsp3) is 0.364. The second kappa shape index (κ2) is 8.35. The summed E-state index contributed by atoms with van der Waals surface area (Å²) in [7, 11) is 0. The van der Waals surface area contributed by atoms with Gasteiger partial charge in [0.25, 0.3) is 0 Å². The van der Waals surface area contributed by atoms with Crippen molar-refractivity contribution in [3.05, 3.63) is 59.7 Å². The van der Waals surface area contributed by atoms with Crippen LogP contribution in [0.15, 0.2) is 48.5 Å². The molecule has 0 saturated carbocycles. The van der Waals surface area contributed by atoms with Gasteiger partial charge in [-0.25, -0.2) is 0 Å². The largest absolute Gasteiger partial charge is 0.325 e. The van der Waals surface area contributed by atoms with Crippen LogP contribution in [0.4, 0.5) is 11.4 Å². The second-order valence-electron chi connectivity index (χ2n) is 7.41. The zero-order chi connectivity index (χ0) is 19.4. The first-order valence-corrected chi connectivity index (χ1v) is 9.49. The normalized spacial score (nSPS) is 14.6. The summed E-state index contributed by atoms with van der Waals surface area (Å²) in [5.74, 6) is -0.0196. The molecule has 5 heteroatoms. The molecule has 2 amide bonds. The number of nitrogens with two attached hydrogens (primary N) is 1. The van der Waals surface area contributed by atoms with Crippen molar-refractivity contribution in [1.29, 1.82) is 0 Å². The average Bonchev–Trinajstić information content (AvgIpc) is 2.68. The second-order valence-corrected chi connectivity index (χ2v) is 7.41. The van der Waals surface area contributed by atoms with Crippen molar-refractivity contribution in [2.75, 3.05) is 16.8 Å². The van der Waals surface area contributed by atoms with Gasteiger partial charge in [0.2, 0.25) is 11.8 Å². The van der Waals surface area contributed by atoms with Gasteiger partial charge in [0.1, 0.15) is 0 Å². The van der Waals surface area contributed by atoms with Crippen molar-refractivity contribution >= 4 is 23.2 Å². The van der Waals surface area contributed by atoms with Gasteiger partial charge in [-0.3, -0.25) is 9.59 Å². The van der Waals surface area contributed by atoms with E-state index in [0.29, 0.717) is 12.1 Å². The van der Waals surface area contributed by atoms with Crippen molar-refractivity contribution in [1.82, 2.24) is 0 Å². The molecule has 2 aromatic rings. The smallest absolute Gasteiger partial charge is 0.241 e. The highest BCUT2D eigenvalue weighted by Gasteiger charge is 2.22. The molecule has 27 heavy (non-hydrogen) atoms. The van der Waals surface area contributed by atoms with Gasteiger partial charge in [0.15, 0.2) is 0 Å². The van der Waals surface area contributed by atoms with Crippen molar-refractivity contribution in [2.24, 2.45) is 11.7 Å². The maximum atomic E-state index is 12.8. The summed E-state index contributed by atoms with van der Waals surface area (Å²) in [6.07, 6.45) is 2.35. The van der Waals surface area contributed by atoms with Gasteiger partial charge in [0, 0.05) is 17.9 Å². The Bertz CT molecular complexity index is 815. The molecule has 3 rings (SSSR count). The molecule has 0 aromatic heterocycles. The molecule has 0 bridgehead atoms. The van der Waals surface area contributed by atoms with Gasteiger partial charge < -0.3 is 16.0 Å². The Hall–Kier alpha value is -2.66. The Kier molecular flexibility index (Phi) is 5.91. The van der Waals surface area contributed by atoms with Gasteiger partial charge in [-0.05, 0) is 48.1 Å². The molecule has 0 unspecified atom stereocenters. The summed E-state index contributed by atoms with van der Waals surface area (Å²) in [5.41, 5.74) is 9.74. The van der Waals surface area contributed by atoms with Crippen LogP contribution in [-0.4, -0.2) is 24.4 Å². The Morgan fingerprint density at radius 3 is 2.52 bits per heavy atom. The van der Waals surface area contributed by atoms with E-state index in [1.54, 1.807) is 0 Å². The van der Waals surface area contributed by atoms with E-state index < -0.39 is 6.04 Å². The number of nitrogens with zero attached hydrogens (tertiary/aromatic N) is 1. The van der Waals surface area contributed by atoms with Gasteiger partial charge in [0.05, 0.1) is 12.5 Å². The molecule has 1 heterocycles. The van der Waals surface area contributed by atoms with E-state index in [1.807, 2.05) is 61.2 Å². The van der Waals surface area contributed by atoms with E-state index in [9.17, 15) is 9.59 Å². The van der Waals surface area contributed by atoms with Crippen molar-refractivity contribution in [3.8, 4) is 0 Å². The number of amides is 2. The Balaban J connectivity index is 1.64. The number of hydrogen-bond acceptors (Lipinski definition) is 3. The van der Waals surface area contributed by atoms with Crippen LogP contribution in [0.1, 0.15) is 31.4 Å². The Morgan fingerprint density at radius 2 is 1.81 bits per heavy atom. The molecular formula is C22H27N3O2. The number of fused-ring (bicyclic) bond motifs is 1. The van der Waals surface area contributed by atoms with Crippen LogP contribution < -0.4 is 16.0 Å². The monoisotopic (exact) mass is 365 g/mol. The van der Waals surface area contributed by atoms with Gasteiger partial charge >= 0.3 is 0 Å². The molecule has 2 aromatic carbocycles. The Morgan fingerprint density at radius 1 is 1.11 bits per heavy atom. The number of carbonyl (C=O) groups excluding carboxylic acids is 2. The lowest BCUT2D eigenvalue weighted by Gasteiger charge is -2.29. The predicted octanol–water partition coefficient (Wildman–Crippen LogP) is 3.13. The first-order valence-electron chi connectivity index (χ1n) is 9.49. The average molecular weight is 365 g/mol. The van der Waals surface area contributed by atoms with Crippen molar-refractivity contribution in [2.45, 2.75) is 39.2 Å². The lowest BCUT2D eigenvalue weighted by molar-refractivity contribution is -0.119. The maximum absolute atomic E-state index is 12.8. The van der Waals surface area contributed by atoms with Crippen LogP contribution in [0.25, 0.3) is 0 Å². The fourth-order valence-corrected chi connectivity index (χ4v) is 3.30. The minimum Gasteiger partial charge on any atom is -0.325 e. The minimum atomic E-state index is -0.537. The summed E-state index contributed by atoms with van der Waals surface area (Å²) in [5, 5.41) is 2.82. The first-order chi connectivity index (χ1) is 13.0. The minimum absolute atomic E-state index is 0.0781. The maximum Gasteiger partial charge on any atom is 0.241 e. The number of benzene rings is 2. The van der Waals surface area contributed by atoms with E-state index in [2.05, 4.69) is 11.4 Å². The standard InChI is InChI=1S/C22H27N3O2/c1-15(2)21(23)22(27)24-18-11-9-16(10-12-18)14-20(26)25-13-5-7-17-6-3-4-8-19(17)25/h3-4,6,8-12,15,21H,5,7,13-14,23H2,1-2H3,(H,24,27)/t21-/m0/s1. The van der Waals surface area contributed by atoms with Crippen LogP contribution in [0.3, 0.4) is 0 Å². The van der Waals surface area contributed by atoms with Crippen molar-refractivity contribution < 1.29 is 9.59 Å². The fourth-order valence-electron chi connectivity index (χ4n) is 3.30. The molecule has 1 atom stereocenters. The topological polar surface area (TPSA) is 75.4 Å². The van der Waals surface area contributed by atoms with Crippen LogP contribution in [0.5, 0.6) is 0 Å². The number of hydrogen-bond donors (Lipinski definition) is 2. The molecule has 5 nitrogen and oxygen atoms in total. The zero-order valence-electron chi connectivity index (χ0n) is 15.9. The van der Waals surface area contributed by atoms with Gasteiger partial charge in [-0.2, -0.15) is 0 Å². The van der Waals surface area contributed by atoms with Crippen LogP contribution >= 0.6 is 0 Å². The highest BCUT2D eigenvalue weighted by molar-refractivity contribution is 5.96. The van der Waals surface area contributed by atoms with E-state index in [-0.39, 0.29) is 17.7 Å². The molecule has 0 saturated heterocycles. The molecule has 1 aliphatic heterocycles. The van der Waals surface area contributed by atoms with Crippen LogP contribution in [0.2, 0.25) is 0 Å². The molecular weight excluding hydrogens is 338 g/mol. The summed E-state index contributed by atoms with van der Waals surface area (Å²) >= 11 is 0. The lowest BCUT2D eigenvalue weighted by atomic mass is 10.0. The first kappa shape index (κ1) is 19.1. The summed E-state index contributed by atoms with van der Waals surface area (Å²) in [6, 6.07) is 15.0. The summed E-state index contributed by atoms with van der Waals surface area (Å²) < 4.78 is 0. The SMILES string of the molecule is CC(C)[C@H](N)C(=O)Nc1ccc(CC(=O)N2CCCc3ccccc32)cc1. The zero-order valence-corrected chi connectivity index (χ0v) is 15.9. The molecule has 142 valence electrons. The van der Waals surface area contributed by atoms with Gasteiger partial charge in [-0.15, -0.1) is 0 Å². The molecule has 0 radical (unpaired) electrons.